The summed E-state index contributed by atoms with van der Waals surface area (Å²) in [4.78, 5) is 0. The maximum atomic E-state index is 2.51. The number of nitrogens with zero attached hydrogens (tertiary/aromatic N) is 1. The highest BCUT2D eigenvalue weighted by atomic mass is 15.0. The van der Waals surface area contributed by atoms with Gasteiger partial charge in [-0.25, -0.2) is 0 Å². The lowest BCUT2D eigenvalue weighted by atomic mass is 9.93. The largest absolute Gasteiger partial charge is 0.336 e. The van der Waals surface area contributed by atoms with E-state index >= 15 is 0 Å². The van der Waals surface area contributed by atoms with Gasteiger partial charge < -0.3 is 4.57 Å². The van der Waals surface area contributed by atoms with Crippen molar-refractivity contribution in [2.75, 3.05) is 0 Å². The lowest BCUT2D eigenvalue weighted by Gasteiger charge is -2.13. The minimum atomic E-state index is 0.781. The van der Waals surface area contributed by atoms with Crippen molar-refractivity contribution in [3.8, 4) is 22.3 Å². The molecule has 1 heterocycles. The van der Waals surface area contributed by atoms with Crippen LogP contribution in [0, 0.1) is 13.8 Å². The molecule has 0 bridgehead atoms. The molecule has 0 aliphatic heterocycles. The summed E-state index contributed by atoms with van der Waals surface area (Å²) in [6.45, 7) is 5.24. The number of fused-ring (bicyclic) bond motifs is 3. The molecule has 0 unspecified atom stereocenters. The van der Waals surface area contributed by atoms with E-state index in [1.165, 1.54) is 105 Å². The third-order valence-corrected chi connectivity index (χ3v) is 12.2. The number of benzene rings is 9. The quantitative estimate of drug-likeness (QED) is 0.122. The van der Waals surface area contributed by atoms with Gasteiger partial charge in [0, 0.05) is 17.3 Å². The predicted molar refractivity (Wildman–Crippen MR) is 265 cm³/mol. The topological polar surface area (TPSA) is 4.93 Å². The van der Waals surface area contributed by atoms with Gasteiger partial charge in [0.15, 0.2) is 0 Å². The number of hydrogen-bond acceptors (Lipinski definition) is 0. The van der Waals surface area contributed by atoms with Crippen LogP contribution in [0.1, 0.15) is 50.1 Å². The number of hydrogen-bond donors (Lipinski definition) is 0. The highest BCUT2D eigenvalue weighted by Crippen LogP contribution is 2.37. The minimum absolute atomic E-state index is 0.781. The van der Waals surface area contributed by atoms with Crippen molar-refractivity contribution in [2.45, 2.75) is 20.4 Å². The summed E-state index contributed by atoms with van der Waals surface area (Å²) in [7, 11) is 0. The molecule has 9 aromatic carbocycles. The average molecular weight is 794 g/mol. The van der Waals surface area contributed by atoms with Gasteiger partial charge in [0.05, 0.1) is 11.0 Å². The molecule has 296 valence electrons. The number of rotatable bonds is 10. The highest BCUT2D eigenvalue weighted by molar-refractivity contribution is 6.10. The minimum Gasteiger partial charge on any atom is -0.336 e. The Balaban J connectivity index is 1.04. The summed E-state index contributed by atoms with van der Waals surface area (Å²) in [5.41, 5.74) is 20.8. The molecule has 0 aliphatic rings. The predicted octanol–water partition coefficient (Wildman–Crippen LogP) is 16.0. The van der Waals surface area contributed by atoms with Crippen molar-refractivity contribution >= 4 is 45.1 Å². The van der Waals surface area contributed by atoms with Gasteiger partial charge in [0.2, 0.25) is 0 Å². The van der Waals surface area contributed by atoms with Crippen LogP contribution in [0.2, 0.25) is 0 Å². The fourth-order valence-corrected chi connectivity index (χ4v) is 8.87. The molecule has 0 saturated heterocycles. The van der Waals surface area contributed by atoms with Crippen molar-refractivity contribution in [1.82, 2.24) is 4.57 Å². The zero-order valence-electron chi connectivity index (χ0n) is 35.2. The van der Waals surface area contributed by atoms with E-state index in [0.717, 1.165) is 6.54 Å². The van der Waals surface area contributed by atoms with E-state index in [2.05, 4.69) is 255 Å². The zero-order valence-corrected chi connectivity index (χ0v) is 35.2. The Morgan fingerprint density at radius 3 is 1.03 bits per heavy atom. The Labute approximate surface area is 365 Å². The molecule has 0 fully saturated rings. The van der Waals surface area contributed by atoms with Crippen LogP contribution >= 0.6 is 0 Å². The zero-order chi connectivity index (χ0) is 41.8. The molecule has 10 rings (SSSR count). The first-order chi connectivity index (χ1) is 30.6. The van der Waals surface area contributed by atoms with E-state index in [1.807, 2.05) is 0 Å². The standard InChI is InChI=1S/C61H47N/c1-43-36-52(30-28-50(43)38-58(46-20-10-4-11-21-46)47-22-12-5-13-23-47)54-32-34-56-57-35-33-55(41-61(57)62(60(56)40-54)42-45-18-8-3-9-19-45)53-31-29-51(44(2)37-53)39-59(48-24-14-6-15-25-48)49-26-16-7-17-27-49/h3-41H,42H2,1-2H3. The lowest BCUT2D eigenvalue weighted by Crippen LogP contribution is -1.99. The van der Waals surface area contributed by atoms with Crippen molar-refractivity contribution < 1.29 is 0 Å². The maximum Gasteiger partial charge on any atom is 0.0500 e. The van der Waals surface area contributed by atoms with Gasteiger partial charge in [0.1, 0.15) is 0 Å². The van der Waals surface area contributed by atoms with Crippen molar-refractivity contribution in [2.24, 2.45) is 0 Å². The number of aryl methyl sites for hydroxylation is 2. The Kier molecular flexibility index (Phi) is 10.6. The van der Waals surface area contributed by atoms with Gasteiger partial charge in [0.25, 0.3) is 0 Å². The van der Waals surface area contributed by atoms with Gasteiger partial charge in [-0.2, -0.15) is 0 Å². The molecule has 0 amide bonds. The molecule has 0 N–H and O–H groups in total. The van der Waals surface area contributed by atoms with E-state index in [-0.39, 0.29) is 0 Å². The first-order valence-electron chi connectivity index (χ1n) is 21.5. The molecule has 0 saturated carbocycles. The van der Waals surface area contributed by atoms with Crippen LogP contribution in [0.25, 0.3) is 67.4 Å². The molecular formula is C61H47N. The first kappa shape index (κ1) is 38.5. The summed E-state index contributed by atoms with van der Waals surface area (Å²) in [6, 6.07) is 81.4. The fraction of sp³-hybridized carbons (Fsp3) is 0.0492. The molecule has 10 aromatic rings. The Morgan fingerprint density at radius 2 is 0.677 bits per heavy atom. The van der Waals surface area contributed by atoms with Crippen LogP contribution in [0.15, 0.2) is 224 Å². The van der Waals surface area contributed by atoms with Crippen molar-refractivity contribution in [3.63, 3.8) is 0 Å². The second kappa shape index (κ2) is 17.1. The molecule has 1 nitrogen and oxygen atoms in total. The lowest BCUT2D eigenvalue weighted by molar-refractivity contribution is 0.869. The van der Waals surface area contributed by atoms with Gasteiger partial charge in [-0.15, -0.1) is 0 Å². The molecule has 1 aromatic heterocycles. The van der Waals surface area contributed by atoms with Gasteiger partial charge in [-0.1, -0.05) is 212 Å². The van der Waals surface area contributed by atoms with Crippen LogP contribution in [0.4, 0.5) is 0 Å². The van der Waals surface area contributed by atoms with Gasteiger partial charge >= 0.3 is 0 Å². The third-order valence-electron chi connectivity index (χ3n) is 12.2. The van der Waals surface area contributed by atoms with Crippen molar-refractivity contribution in [1.29, 1.82) is 0 Å². The van der Waals surface area contributed by atoms with E-state index in [0.29, 0.717) is 0 Å². The Bertz CT molecular complexity index is 2940. The molecular weight excluding hydrogens is 747 g/mol. The second-order valence-corrected chi connectivity index (χ2v) is 16.3. The fourth-order valence-electron chi connectivity index (χ4n) is 8.87. The molecule has 0 atom stereocenters. The van der Waals surface area contributed by atoms with Crippen molar-refractivity contribution in [3.05, 3.63) is 275 Å². The van der Waals surface area contributed by atoms with Crippen LogP contribution < -0.4 is 0 Å². The van der Waals surface area contributed by atoms with E-state index in [1.54, 1.807) is 0 Å². The summed E-state index contributed by atoms with van der Waals surface area (Å²) in [5, 5.41) is 2.53. The van der Waals surface area contributed by atoms with Crippen LogP contribution in [-0.4, -0.2) is 4.57 Å². The monoisotopic (exact) mass is 793 g/mol. The summed E-state index contributed by atoms with van der Waals surface area (Å²) < 4.78 is 2.51. The maximum absolute atomic E-state index is 2.51. The van der Waals surface area contributed by atoms with E-state index in [9.17, 15) is 0 Å². The van der Waals surface area contributed by atoms with Crippen LogP contribution in [0.3, 0.4) is 0 Å². The summed E-state index contributed by atoms with van der Waals surface area (Å²) >= 11 is 0. The average Bonchev–Trinajstić information content (AvgIpc) is 3.63. The van der Waals surface area contributed by atoms with E-state index in [4.69, 9.17) is 0 Å². The summed E-state index contributed by atoms with van der Waals surface area (Å²) in [5.74, 6) is 0. The van der Waals surface area contributed by atoms with Crippen LogP contribution in [-0.2, 0) is 6.54 Å². The molecule has 62 heavy (non-hydrogen) atoms. The smallest absolute Gasteiger partial charge is 0.0500 e. The third kappa shape index (κ3) is 7.85. The molecule has 0 spiro atoms. The Morgan fingerprint density at radius 1 is 0.355 bits per heavy atom. The normalized spacial score (nSPS) is 11.1. The first-order valence-corrected chi connectivity index (χ1v) is 21.5. The molecule has 0 radical (unpaired) electrons. The number of aromatic nitrogens is 1. The molecule has 0 aliphatic carbocycles. The Hall–Kier alpha value is -7.74. The molecule has 1 heteroatoms. The van der Waals surface area contributed by atoms with E-state index < -0.39 is 0 Å². The summed E-state index contributed by atoms with van der Waals surface area (Å²) in [6.07, 6.45) is 4.67. The second-order valence-electron chi connectivity index (χ2n) is 16.3. The SMILES string of the molecule is Cc1cc(-c2ccc3c4ccc(-c5ccc(C=C(c6ccccc6)c6ccccc6)c(C)c5)cc4n(Cc4ccccc4)c3c2)ccc1C=C(c1ccccc1)c1ccccc1. The van der Waals surface area contributed by atoms with Gasteiger partial charge in [-0.05, 0) is 122 Å². The van der Waals surface area contributed by atoms with Gasteiger partial charge in [-0.3, -0.25) is 0 Å². The highest BCUT2D eigenvalue weighted by Gasteiger charge is 2.16. The van der Waals surface area contributed by atoms with Crippen LogP contribution in [0.5, 0.6) is 0 Å².